The molecule has 0 saturated carbocycles. The Labute approximate surface area is 210 Å². The summed E-state index contributed by atoms with van der Waals surface area (Å²) in [5, 5.41) is 4.36. The van der Waals surface area contributed by atoms with Crippen LogP contribution in [0.2, 0.25) is 0 Å². The summed E-state index contributed by atoms with van der Waals surface area (Å²) < 4.78 is 8.54. The van der Waals surface area contributed by atoms with Gasteiger partial charge in [-0.05, 0) is 30.7 Å². The summed E-state index contributed by atoms with van der Waals surface area (Å²) in [7, 11) is 1.58. The van der Waals surface area contributed by atoms with E-state index < -0.39 is 0 Å². The second-order valence-electron chi connectivity index (χ2n) is 8.12. The molecule has 2 heterocycles. The maximum atomic E-state index is 13.6. The number of hydrogen-bond acceptors (Lipinski definition) is 6. The van der Waals surface area contributed by atoms with E-state index in [1.54, 1.807) is 23.8 Å². The lowest BCUT2D eigenvalue weighted by molar-refractivity contribution is -0.113. The molecule has 6 nitrogen and oxygen atoms in total. The minimum atomic E-state index is -0.185. The average Bonchev–Trinajstić information content (AvgIpc) is 3.25. The molecule has 5 rings (SSSR count). The summed E-state index contributed by atoms with van der Waals surface area (Å²) in [5.74, 6) is 0.596. The maximum absolute atomic E-state index is 13.6. The van der Waals surface area contributed by atoms with Crippen molar-refractivity contribution in [3.05, 3.63) is 94.3 Å². The quantitative estimate of drug-likeness (QED) is 0.229. The van der Waals surface area contributed by atoms with Crippen molar-refractivity contribution in [3.8, 4) is 5.75 Å². The molecule has 8 heteroatoms. The van der Waals surface area contributed by atoms with Gasteiger partial charge in [0.25, 0.3) is 5.56 Å². The summed E-state index contributed by atoms with van der Waals surface area (Å²) in [5.41, 5.74) is 3.41. The topological polar surface area (TPSA) is 73.2 Å². The lowest BCUT2D eigenvalue weighted by atomic mass is 10.1. The Kier molecular flexibility index (Phi) is 6.57. The number of methoxy groups -OCH3 is 1. The van der Waals surface area contributed by atoms with Crippen LogP contribution in [0, 0.1) is 6.92 Å². The van der Waals surface area contributed by atoms with Gasteiger partial charge in [0.2, 0.25) is 5.91 Å². The number of amides is 1. The van der Waals surface area contributed by atoms with Crippen molar-refractivity contribution >= 4 is 55.0 Å². The van der Waals surface area contributed by atoms with Crippen molar-refractivity contribution < 1.29 is 9.53 Å². The molecule has 0 bridgehead atoms. The molecule has 0 radical (unpaired) electrons. The van der Waals surface area contributed by atoms with Crippen LogP contribution in [0.25, 0.3) is 20.3 Å². The first-order valence-corrected chi connectivity index (χ1v) is 12.9. The summed E-state index contributed by atoms with van der Waals surface area (Å²) in [6.45, 7) is 2.42. The molecular formula is C27H23N3O3S2. The molecule has 0 atom stereocenters. The van der Waals surface area contributed by atoms with E-state index in [0.29, 0.717) is 33.4 Å². The zero-order valence-corrected chi connectivity index (χ0v) is 20.9. The van der Waals surface area contributed by atoms with E-state index in [4.69, 9.17) is 9.72 Å². The number of aromatic nitrogens is 2. The van der Waals surface area contributed by atoms with Crippen LogP contribution < -0.4 is 15.6 Å². The first-order valence-electron chi connectivity index (χ1n) is 11.1. The Morgan fingerprint density at radius 1 is 1.09 bits per heavy atom. The average molecular weight is 502 g/mol. The van der Waals surface area contributed by atoms with Gasteiger partial charge in [-0.15, -0.1) is 11.3 Å². The highest BCUT2D eigenvalue weighted by atomic mass is 32.2. The van der Waals surface area contributed by atoms with Crippen molar-refractivity contribution in [2.24, 2.45) is 0 Å². The number of fused-ring (bicyclic) bond motifs is 3. The molecule has 0 saturated heterocycles. The zero-order valence-electron chi connectivity index (χ0n) is 19.3. The molecule has 2 aromatic heterocycles. The maximum Gasteiger partial charge on any atom is 0.272 e. The third kappa shape index (κ3) is 4.94. The fourth-order valence-electron chi connectivity index (χ4n) is 3.81. The number of ether oxygens (including phenoxy) is 1. The van der Waals surface area contributed by atoms with Crippen LogP contribution in [0.4, 0.5) is 5.69 Å². The van der Waals surface area contributed by atoms with Gasteiger partial charge in [0.05, 0.1) is 24.9 Å². The van der Waals surface area contributed by atoms with Crippen molar-refractivity contribution in [2.75, 3.05) is 18.2 Å². The van der Waals surface area contributed by atoms with Crippen LogP contribution >= 0.6 is 23.1 Å². The summed E-state index contributed by atoms with van der Waals surface area (Å²) in [4.78, 5) is 31.2. The first kappa shape index (κ1) is 23.1. The molecule has 35 heavy (non-hydrogen) atoms. The number of thiophene rings is 1. The molecule has 176 valence electrons. The lowest BCUT2D eigenvalue weighted by Gasteiger charge is -2.13. The Balaban J connectivity index is 1.49. The molecule has 3 aromatic carbocycles. The number of nitrogens with zero attached hydrogens (tertiary/aromatic N) is 2. The second-order valence-corrected chi connectivity index (χ2v) is 10.1. The Hall–Kier alpha value is -3.62. The van der Waals surface area contributed by atoms with Gasteiger partial charge in [-0.25, -0.2) is 4.98 Å². The highest BCUT2D eigenvalue weighted by Gasteiger charge is 2.18. The highest BCUT2D eigenvalue weighted by molar-refractivity contribution is 7.99. The van der Waals surface area contributed by atoms with Gasteiger partial charge in [-0.2, -0.15) is 0 Å². The van der Waals surface area contributed by atoms with Crippen molar-refractivity contribution in [3.63, 3.8) is 0 Å². The van der Waals surface area contributed by atoms with E-state index in [1.807, 2.05) is 67.6 Å². The number of thioether (sulfide) groups is 1. The normalized spacial score (nSPS) is 11.1. The van der Waals surface area contributed by atoms with Gasteiger partial charge in [0.1, 0.15) is 10.4 Å². The largest absolute Gasteiger partial charge is 0.497 e. The first-order chi connectivity index (χ1) is 17.0. The summed E-state index contributed by atoms with van der Waals surface area (Å²) in [6.07, 6.45) is 0. The monoisotopic (exact) mass is 501 g/mol. The number of aryl methyl sites for hydroxylation is 1. The van der Waals surface area contributed by atoms with Crippen LogP contribution in [0.1, 0.15) is 11.1 Å². The second kappa shape index (κ2) is 9.93. The third-order valence-electron chi connectivity index (χ3n) is 5.59. The Morgan fingerprint density at radius 3 is 2.69 bits per heavy atom. The molecule has 0 unspecified atom stereocenters. The van der Waals surface area contributed by atoms with E-state index in [-0.39, 0.29) is 17.2 Å². The van der Waals surface area contributed by atoms with E-state index in [2.05, 4.69) is 5.32 Å². The van der Waals surface area contributed by atoms with E-state index in [1.165, 1.54) is 23.1 Å². The molecule has 1 amide bonds. The summed E-state index contributed by atoms with van der Waals surface area (Å²) >= 11 is 2.72. The number of anilines is 1. The van der Waals surface area contributed by atoms with E-state index in [0.717, 1.165) is 21.2 Å². The van der Waals surface area contributed by atoms with Crippen LogP contribution in [0.15, 0.2) is 82.7 Å². The molecule has 0 spiro atoms. The van der Waals surface area contributed by atoms with Crippen molar-refractivity contribution in [2.45, 2.75) is 18.6 Å². The third-order valence-corrected chi connectivity index (χ3v) is 7.72. The standard InChI is InChI=1S/C27H23N3O3S2/c1-17-10-12-18(13-11-17)15-30-26(32)25-24(21-8-3-4-9-22(21)35-25)29-27(30)34-16-23(31)28-19-6-5-7-20(14-19)33-2/h3-14H,15-16H2,1-2H3,(H,28,31). The van der Waals surface area contributed by atoms with E-state index >= 15 is 0 Å². The van der Waals surface area contributed by atoms with Gasteiger partial charge in [0, 0.05) is 21.8 Å². The zero-order chi connectivity index (χ0) is 24.4. The van der Waals surface area contributed by atoms with Crippen molar-refractivity contribution in [1.29, 1.82) is 0 Å². The molecule has 0 aliphatic heterocycles. The summed E-state index contributed by atoms with van der Waals surface area (Å²) in [6, 6.07) is 23.2. The van der Waals surface area contributed by atoms with Crippen LogP contribution in [0.3, 0.4) is 0 Å². The van der Waals surface area contributed by atoms with Gasteiger partial charge >= 0.3 is 0 Å². The van der Waals surface area contributed by atoms with Gasteiger partial charge in [-0.3, -0.25) is 14.2 Å². The number of carbonyl (C=O) groups excluding carboxylic acids is 1. The number of carbonyl (C=O) groups is 1. The van der Waals surface area contributed by atoms with Crippen LogP contribution in [-0.2, 0) is 11.3 Å². The van der Waals surface area contributed by atoms with Gasteiger partial charge in [0.15, 0.2) is 5.16 Å². The number of hydrogen-bond donors (Lipinski definition) is 1. The number of benzene rings is 3. The highest BCUT2D eigenvalue weighted by Crippen LogP contribution is 2.32. The lowest BCUT2D eigenvalue weighted by Crippen LogP contribution is -2.24. The molecular weight excluding hydrogens is 478 g/mol. The molecule has 0 aliphatic carbocycles. The minimum absolute atomic E-state index is 0.0903. The fraction of sp³-hybridized carbons (Fsp3) is 0.148. The smallest absolute Gasteiger partial charge is 0.272 e. The minimum Gasteiger partial charge on any atom is -0.497 e. The van der Waals surface area contributed by atoms with Gasteiger partial charge < -0.3 is 10.1 Å². The molecule has 5 aromatic rings. The van der Waals surface area contributed by atoms with Crippen LogP contribution in [0.5, 0.6) is 5.75 Å². The van der Waals surface area contributed by atoms with Gasteiger partial charge in [-0.1, -0.05) is 65.9 Å². The Bertz CT molecular complexity index is 1590. The van der Waals surface area contributed by atoms with Crippen molar-refractivity contribution in [1.82, 2.24) is 9.55 Å². The fourth-order valence-corrected chi connectivity index (χ4v) is 5.69. The predicted molar refractivity (Wildman–Crippen MR) is 144 cm³/mol. The van der Waals surface area contributed by atoms with Crippen LogP contribution in [-0.4, -0.2) is 28.3 Å². The predicted octanol–water partition coefficient (Wildman–Crippen LogP) is 5.71. The van der Waals surface area contributed by atoms with E-state index in [9.17, 15) is 9.59 Å². The molecule has 0 fully saturated rings. The number of rotatable bonds is 7. The SMILES string of the molecule is COc1cccc(NC(=O)CSc2nc3c(sc4ccccc43)c(=O)n2Cc2ccc(C)cc2)c1. The molecule has 1 N–H and O–H groups in total. The molecule has 0 aliphatic rings. The Morgan fingerprint density at radius 2 is 1.89 bits per heavy atom. The number of nitrogens with one attached hydrogen (secondary N) is 1.